The lowest BCUT2D eigenvalue weighted by atomic mass is 10.0. The van der Waals surface area contributed by atoms with Gasteiger partial charge in [-0.25, -0.2) is 0 Å². The third-order valence-corrected chi connectivity index (χ3v) is 3.56. The summed E-state index contributed by atoms with van der Waals surface area (Å²) in [5.41, 5.74) is 4.57. The zero-order valence-electron chi connectivity index (χ0n) is 9.60. The van der Waals surface area contributed by atoms with Gasteiger partial charge in [-0.05, 0) is 24.6 Å². The van der Waals surface area contributed by atoms with E-state index in [1.165, 1.54) is 16.0 Å². The zero-order valence-corrected chi connectivity index (χ0v) is 10.4. The molecule has 0 saturated heterocycles. The second kappa shape index (κ2) is 5.23. The molecule has 0 radical (unpaired) electrons. The molecule has 0 aliphatic carbocycles. The molecule has 0 fully saturated rings. The van der Waals surface area contributed by atoms with Crippen molar-refractivity contribution in [3.63, 3.8) is 0 Å². The predicted octanol–water partition coefficient (Wildman–Crippen LogP) is 3.01. The van der Waals surface area contributed by atoms with E-state index in [0.29, 0.717) is 0 Å². The summed E-state index contributed by atoms with van der Waals surface area (Å²) in [6, 6.07) is 8.99. The second-order valence-electron chi connectivity index (χ2n) is 3.72. The molecule has 3 heteroatoms. The van der Waals surface area contributed by atoms with Crippen molar-refractivity contribution in [2.24, 2.45) is 0 Å². The van der Waals surface area contributed by atoms with E-state index in [-0.39, 0.29) is 6.04 Å². The molecule has 1 unspecified atom stereocenters. The Bertz CT molecular complexity index is 437. The van der Waals surface area contributed by atoms with Gasteiger partial charge in [-0.1, -0.05) is 31.2 Å². The van der Waals surface area contributed by atoms with E-state index in [9.17, 15) is 0 Å². The molecule has 2 rings (SSSR count). The average molecular weight is 232 g/mol. The Morgan fingerprint density at radius 3 is 2.94 bits per heavy atom. The van der Waals surface area contributed by atoms with E-state index >= 15 is 0 Å². The zero-order chi connectivity index (χ0) is 11.4. The van der Waals surface area contributed by atoms with Crippen LogP contribution < -0.4 is 5.32 Å². The highest BCUT2D eigenvalue weighted by atomic mass is 32.1. The average Bonchev–Trinajstić information content (AvgIpc) is 2.84. The Morgan fingerprint density at radius 1 is 1.44 bits per heavy atom. The molecule has 84 valence electrons. The monoisotopic (exact) mass is 232 g/mol. The first kappa shape index (κ1) is 11.3. The number of thiazole rings is 1. The summed E-state index contributed by atoms with van der Waals surface area (Å²) in [4.78, 5) is 5.40. The van der Waals surface area contributed by atoms with Gasteiger partial charge in [-0.2, -0.15) is 0 Å². The molecule has 1 N–H and O–H groups in total. The van der Waals surface area contributed by atoms with Crippen LogP contribution in [0, 0.1) is 0 Å². The first-order valence-corrected chi connectivity index (χ1v) is 6.37. The maximum absolute atomic E-state index is 4.14. The van der Waals surface area contributed by atoms with Crippen molar-refractivity contribution in [3.8, 4) is 0 Å². The quantitative estimate of drug-likeness (QED) is 0.876. The van der Waals surface area contributed by atoms with E-state index in [2.05, 4.69) is 41.5 Å². The van der Waals surface area contributed by atoms with Gasteiger partial charge >= 0.3 is 0 Å². The lowest BCUT2D eigenvalue weighted by Gasteiger charge is -2.15. The van der Waals surface area contributed by atoms with Crippen LogP contribution in [0.15, 0.2) is 36.0 Å². The fraction of sp³-hybridized carbons (Fsp3) is 0.308. The van der Waals surface area contributed by atoms with Crippen LogP contribution in [-0.4, -0.2) is 12.0 Å². The van der Waals surface area contributed by atoms with Crippen LogP contribution in [0.1, 0.15) is 29.0 Å². The summed E-state index contributed by atoms with van der Waals surface area (Å²) in [6.45, 7) is 2.18. The van der Waals surface area contributed by atoms with Crippen LogP contribution in [0.2, 0.25) is 0 Å². The lowest BCUT2D eigenvalue weighted by Crippen LogP contribution is -2.16. The van der Waals surface area contributed by atoms with Crippen LogP contribution in [0.3, 0.4) is 0 Å². The van der Waals surface area contributed by atoms with Gasteiger partial charge in [0, 0.05) is 11.1 Å². The normalized spacial score (nSPS) is 12.6. The molecule has 0 aliphatic heterocycles. The van der Waals surface area contributed by atoms with Crippen LogP contribution in [0.25, 0.3) is 0 Å². The van der Waals surface area contributed by atoms with Gasteiger partial charge in [0.05, 0.1) is 11.6 Å². The third kappa shape index (κ3) is 2.31. The number of hydrogen-bond donors (Lipinski definition) is 1. The number of aryl methyl sites for hydroxylation is 1. The van der Waals surface area contributed by atoms with E-state index in [4.69, 9.17) is 0 Å². The molecule has 2 aromatic rings. The van der Waals surface area contributed by atoms with Gasteiger partial charge < -0.3 is 5.32 Å². The van der Waals surface area contributed by atoms with Gasteiger partial charge in [-0.15, -0.1) is 11.3 Å². The number of benzene rings is 1. The molecule has 0 amide bonds. The Morgan fingerprint density at radius 2 is 2.31 bits per heavy atom. The fourth-order valence-corrected chi connectivity index (χ4v) is 2.59. The third-order valence-electron chi connectivity index (χ3n) is 2.72. The summed E-state index contributed by atoms with van der Waals surface area (Å²) >= 11 is 1.69. The van der Waals surface area contributed by atoms with E-state index in [1.807, 2.05) is 18.8 Å². The van der Waals surface area contributed by atoms with Crippen molar-refractivity contribution in [2.75, 3.05) is 7.05 Å². The standard InChI is InChI=1S/C13H16N2S/c1-3-10-5-4-6-11(7-10)13(14-2)12-8-15-9-16-12/h4-9,13-14H,3H2,1-2H3. The molecule has 2 nitrogen and oxygen atoms in total. The predicted molar refractivity (Wildman–Crippen MR) is 68.8 cm³/mol. The van der Waals surface area contributed by atoms with Gasteiger partial charge in [0.2, 0.25) is 0 Å². The minimum absolute atomic E-state index is 0.263. The van der Waals surface area contributed by atoms with Gasteiger partial charge in [0.15, 0.2) is 0 Å². The summed E-state index contributed by atoms with van der Waals surface area (Å²) in [5.74, 6) is 0. The van der Waals surface area contributed by atoms with Crippen molar-refractivity contribution in [2.45, 2.75) is 19.4 Å². The molecule has 0 spiro atoms. The topological polar surface area (TPSA) is 24.9 Å². The summed E-state index contributed by atoms with van der Waals surface area (Å²) in [5, 5.41) is 3.34. The Balaban J connectivity index is 2.33. The molecular formula is C13H16N2S. The second-order valence-corrected chi connectivity index (χ2v) is 4.64. The molecule has 0 saturated carbocycles. The highest BCUT2D eigenvalue weighted by molar-refractivity contribution is 7.09. The summed E-state index contributed by atoms with van der Waals surface area (Å²) in [7, 11) is 1.99. The van der Waals surface area contributed by atoms with Crippen LogP contribution >= 0.6 is 11.3 Å². The first-order chi connectivity index (χ1) is 7.85. The Kier molecular flexibility index (Phi) is 3.70. The Labute approximate surface area is 100 Å². The number of hydrogen-bond acceptors (Lipinski definition) is 3. The van der Waals surface area contributed by atoms with Crippen LogP contribution in [-0.2, 0) is 6.42 Å². The minimum Gasteiger partial charge on any atom is -0.309 e. The summed E-state index contributed by atoms with van der Waals surface area (Å²) < 4.78 is 0. The maximum atomic E-state index is 4.14. The molecule has 0 aliphatic rings. The van der Waals surface area contributed by atoms with E-state index < -0.39 is 0 Å². The van der Waals surface area contributed by atoms with Crippen LogP contribution in [0.5, 0.6) is 0 Å². The Hall–Kier alpha value is -1.19. The minimum atomic E-state index is 0.263. The largest absolute Gasteiger partial charge is 0.309 e. The van der Waals surface area contributed by atoms with E-state index in [1.54, 1.807) is 11.3 Å². The lowest BCUT2D eigenvalue weighted by molar-refractivity contribution is 0.701. The van der Waals surface area contributed by atoms with Gasteiger partial charge in [0.25, 0.3) is 0 Å². The highest BCUT2D eigenvalue weighted by Crippen LogP contribution is 2.25. The number of rotatable bonds is 4. The van der Waals surface area contributed by atoms with Crippen molar-refractivity contribution >= 4 is 11.3 Å². The first-order valence-electron chi connectivity index (χ1n) is 5.49. The molecular weight excluding hydrogens is 216 g/mol. The van der Waals surface area contributed by atoms with Crippen molar-refractivity contribution < 1.29 is 0 Å². The highest BCUT2D eigenvalue weighted by Gasteiger charge is 2.13. The molecule has 1 atom stereocenters. The van der Waals surface area contributed by atoms with Gasteiger partial charge in [0.1, 0.15) is 0 Å². The molecule has 16 heavy (non-hydrogen) atoms. The van der Waals surface area contributed by atoms with E-state index in [0.717, 1.165) is 6.42 Å². The maximum Gasteiger partial charge on any atom is 0.0794 e. The fourth-order valence-electron chi connectivity index (χ4n) is 1.83. The number of nitrogens with zero attached hydrogens (tertiary/aromatic N) is 1. The SMILES string of the molecule is CCc1cccc(C(NC)c2cncs2)c1. The summed E-state index contributed by atoms with van der Waals surface area (Å²) in [6.07, 6.45) is 3.01. The smallest absolute Gasteiger partial charge is 0.0794 e. The van der Waals surface area contributed by atoms with Crippen molar-refractivity contribution in [3.05, 3.63) is 52.0 Å². The van der Waals surface area contributed by atoms with Crippen molar-refractivity contribution in [1.29, 1.82) is 0 Å². The van der Waals surface area contributed by atoms with Crippen molar-refractivity contribution in [1.82, 2.24) is 10.3 Å². The van der Waals surface area contributed by atoms with Crippen LogP contribution in [0.4, 0.5) is 0 Å². The van der Waals surface area contributed by atoms with Gasteiger partial charge in [-0.3, -0.25) is 4.98 Å². The number of aromatic nitrogens is 1. The molecule has 1 aromatic carbocycles. The molecule has 0 bridgehead atoms. The molecule has 1 heterocycles. The number of nitrogens with one attached hydrogen (secondary N) is 1. The molecule has 1 aromatic heterocycles.